The second-order valence-corrected chi connectivity index (χ2v) is 5.92. The zero-order chi connectivity index (χ0) is 15.6. The highest BCUT2D eigenvalue weighted by molar-refractivity contribution is 7.86. The lowest BCUT2D eigenvalue weighted by Gasteiger charge is -2.15. The number of hydrogen-bond acceptors (Lipinski definition) is 5. The zero-order valence-electron chi connectivity index (χ0n) is 9.97. The average molecular weight is 334 g/mol. The monoisotopic (exact) mass is 334 g/mol. The minimum absolute atomic E-state index is 0.170. The van der Waals surface area contributed by atoms with Crippen LogP contribution in [-0.4, -0.2) is 20.1 Å². The molecule has 0 heterocycles. The van der Waals surface area contributed by atoms with Crippen LogP contribution in [0.5, 0.6) is 0 Å². The van der Waals surface area contributed by atoms with Crippen molar-refractivity contribution in [1.82, 2.24) is 0 Å². The van der Waals surface area contributed by atoms with Gasteiger partial charge >= 0.3 is 14.4 Å². The van der Waals surface area contributed by atoms with Crippen LogP contribution in [0.4, 0.5) is 13.2 Å². The van der Waals surface area contributed by atoms with Crippen molar-refractivity contribution in [2.75, 3.05) is 6.79 Å². The third-order valence-corrected chi connectivity index (χ3v) is 3.97. The standard InChI is InChI=1S/C9H10F3O6PS/c1-6-3-2-4-7(9(10,11)12)8(6)20(15,16)18-5-17-19(13)14/h2-4,19H,5H2,1H3,(H,13,14). The second kappa shape index (κ2) is 6.23. The van der Waals surface area contributed by atoms with Crippen molar-refractivity contribution in [2.45, 2.75) is 18.0 Å². The molecule has 0 saturated carbocycles. The maximum atomic E-state index is 12.8. The Hall–Kier alpha value is -0.930. The molecule has 0 aliphatic carbocycles. The van der Waals surface area contributed by atoms with E-state index in [2.05, 4.69) is 8.71 Å². The smallest absolute Gasteiger partial charge is 0.326 e. The van der Waals surface area contributed by atoms with Crippen LogP contribution in [0.25, 0.3) is 0 Å². The van der Waals surface area contributed by atoms with E-state index in [0.717, 1.165) is 6.07 Å². The predicted octanol–water partition coefficient (Wildman–Crippen LogP) is 2.08. The molecule has 11 heteroatoms. The first kappa shape index (κ1) is 17.1. The number of halogens is 3. The number of benzene rings is 1. The minimum Gasteiger partial charge on any atom is -0.326 e. The number of aryl methyl sites for hydroxylation is 1. The quantitative estimate of drug-likeness (QED) is 0.504. The SMILES string of the molecule is Cc1cccc(C(F)(F)F)c1S(=O)(=O)OCO[PH](=O)O. The molecule has 1 aromatic rings. The van der Waals surface area contributed by atoms with E-state index in [0.29, 0.717) is 6.07 Å². The summed E-state index contributed by atoms with van der Waals surface area (Å²) in [7, 11) is -8.23. The van der Waals surface area contributed by atoms with E-state index in [4.69, 9.17) is 4.89 Å². The molecule has 0 aromatic heterocycles. The first-order valence-electron chi connectivity index (χ1n) is 4.97. The summed E-state index contributed by atoms with van der Waals surface area (Å²) in [6.07, 6.45) is -4.89. The first-order chi connectivity index (χ1) is 9.05. The number of rotatable bonds is 5. The summed E-state index contributed by atoms with van der Waals surface area (Å²) in [6, 6.07) is 2.82. The molecule has 0 aliphatic heterocycles. The molecule has 0 fully saturated rings. The highest BCUT2D eigenvalue weighted by Crippen LogP contribution is 2.36. The Bertz CT molecular complexity index is 613. The van der Waals surface area contributed by atoms with Crippen LogP contribution in [0.1, 0.15) is 11.1 Å². The van der Waals surface area contributed by atoms with Crippen LogP contribution >= 0.6 is 8.25 Å². The van der Waals surface area contributed by atoms with Crippen molar-refractivity contribution < 1.29 is 39.8 Å². The van der Waals surface area contributed by atoms with E-state index in [-0.39, 0.29) is 5.56 Å². The summed E-state index contributed by atoms with van der Waals surface area (Å²) in [4.78, 5) is 7.28. The first-order valence-corrected chi connectivity index (χ1v) is 7.65. The van der Waals surface area contributed by atoms with Crippen LogP contribution in [0.15, 0.2) is 23.1 Å². The van der Waals surface area contributed by atoms with E-state index in [1.165, 1.54) is 13.0 Å². The molecular weight excluding hydrogens is 324 g/mol. The summed E-state index contributed by atoms with van der Waals surface area (Å²) < 4.78 is 80.1. The average Bonchev–Trinajstić information content (AvgIpc) is 2.26. The lowest BCUT2D eigenvalue weighted by molar-refractivity contribution is -0.140. The largest absolute Gasteiger partial charge is 0.417 e. The number of hydrogen-bond donors (Lipinski definition) is 1. The van der Waals surface area contributed by atoms with Gasteiger partial charge in [0.2, 0.25) is 0 Å². The normalized spacial score (nSPS) is 14.2. The van der Waals surface area contributed by atoms with Crippen molar-refractivity contribution in [3.05, 3.63) is 29.3 Å². The van der Waals surface area contributed by atoms with Gasteiger partial charge in [0.1, 0.15) is 4.90 Å². The highest BCUT2D eigenvalue weighted by atomic mass is 32.2. The molecule has 6 nitrogen and oxygen atoms in total. The molecule has 20 heavy (non-hydrogen) atoms. The summed E-state index contributed by atoms with van der Waals surface area (Å²) in [6.45, 7) is 0.0173. The van der Waals surface area contributed by atoms with Crippen LogP contribution in [0, 0.1) is 6.92 Å². The van der Waals surface area contributed by atoms with Crippen molar-refractivity contribution in [3.63, 3.8) is 0 Å². The van der Waals surface area contributed by atoms with Gasteiger partial charge < -0.3 is 4.89 Å². The molecule has 1 rings (SSSR count). The number of alkyl halides is 3. The van der Waals surface area contributed by atoms with Gasteiger partial charge in [-0.1, -0.05) is 12.1 Å². The van der Waals surface area contributed by atoms with Crippen molar-refractivity contribution >= 4 is 18.4 Å². The van der Waals surface area contributed by atoms with Crippen LogP contribution in [-0.2, 0) is 29.6 Å². The van der Waals surface area contributed by atoms with Gasteiger partial charge in [0, 0.05) is 0 Å². The molecule has 1 unspecified atom stereocenters. The van der Waals surface area contributed by atoms with Crippen LogP contribution in [0.2, 0.25) is 0 Å². The molecule has 0 saturated heterocycles. The summed E-state index contributed by atoms with van der Waals surface area (Å²) in [5, 5.41) is 0. The zero-order valence-corrected chi connectivity index (χ0v) is 11.8. The van der Waals surface area contributed by atoms with Gasteiger partial charge in [0.25, 0.3) is 10.1 Å². The summed E-state index contributed by atoms with van der Waals surface area (Å²) in [5.74, 6) is 0. The van der Waals surface area contributed by atoms with Gasteiger partial charge in [-0.05, 0) is 18.6 Å². The van der Waals surface area contributed by atoms with Gasteiger partial charge in [0.15, 0.2) is 6.79 Å². The molecule has 0 radical (unpaired) electrons. The van der Waals surface area contributed by atoms with Gasteiger partial charge in [-0.3, -0.25) is 9.09 Å². The fourth-order valence-corrected chi connectivity index (χ4v) is 2.86. The fourth-order valence-electron chi connectivity index (χ4n) is 1.40. The van der Waals surface area contributed by atoms with Crippen molar-refractivity contribution in [1.29, 1.82) is 0 Å². The molecule has 1 aromatic carbocycles. The molecule has 0 amide bonds. The Morgan fingerprint density at radius 2 is 1.95 bits per heavy atom. The Morgan fingerprint density at radius 1 is 1.35 bits per heavy atom. The third kappa shape index (κ3) is 4.29. The molecular formula is C9H10F3O6PS. The summed E-state index contributed by atoms with van der Waals surface area (Å²) in [5.41, 5.74) is -1.55. The van der Waals surface area contributed by atoms with Gasteiger partial charge in [-0.25, -0.2) is 4.18 Å². The van der Waals surface area contributed by atoms with Gasteiger partial charge in [-0.2, -0.15) is 21.6 Å². The van der Waals surface area contributed by atoms with E-state index in [1.54, 1.807) is 0 Å². The lowest BCUT2D eigenvalue weighted by atomic mass is 10.1. The topological polar surface area (TPSA) is 89.9 Å². The fraction of sp³-hybridized carbons (Fsp3) is 0.333. The molecule has 0 aliphatic rings. The van der Waals surface area contributed by atoms with E-state index >= 15 is 0 Å². The van der Waals surface area contributed by atoms with Gasteiger partial charge in [0.05, 0.1) is 5.56 Å². The Kier molecular flexibility index (Phi) is 5.33. The predicted molar refractivity (Wildman–Crippen MR) is 61.6 cm³/mol. The minimum atomic E-state index is -4.89. The molecule has 0 spiro atoms. The Labute approximate surface area is 113 Å². The maximum absolute atomic E-state index is 12.8. The third-order valence-electron chi connectivity index (χ3n) is 2.15. The molecule has 0 bridgehead atoms. The van der Waals surface area contributed by atoms with Crippen LogP contribution in [0.3, 0.4) is 0 Å². The van der Waals surface area contributed by atoms with Crippen LogP contribution < -0.4 is 0 Å². The second-order valence-electron chi connectivity index (χ2n) is 3.55. The molecule has 114 valence electrons. The summed E-state index contributed by atoms with van der Waals surface area (Å²) >= 11 is 0. The Balaban J connectivity index is 3.21. The molecule has 1 N–H and O–H groups in total. The highest BCUT2D eigenvalue weighted by Gasteiger charge is 2.38. The lowest BCUT2D eigenvalue weighted by Crippen LogP contribution is -2.17. The van der Waals surface area contributed by atoms with Gasteiger partial charge in [-0.15, -0.1) is 0 Å². The Morgan fingerprint density at radius 3 is 2.45 bits per heavy atom. The molecule has 1 atom stereocenters. The van der Waals surface area contributed by atoms with E-state index in [1.807, 2.05) is 0 Å². The van der Waals surface area contributed by atoms with Crippen molar-refractivity contribution in [3.8, 4) is 0 Å². The maximum Gasteiger partial charge on any atom is 0.417 e. The van der Waals surface area contributed by atoms with E-state index < -0.39 is 41.8 Å². The van der Waals surface area contributed by atoms with E-state index in [9.17, 15) is 26.2 Å². The van der Waals surface area contributed by atoms with Crippen molar-refractivity contribution in [2.24, 2.45) is 0 Å².